The molecule has 2 saturated carbocycles. The van der Waals surface area contributed by atoms with E-state index >= 15 is 0 Å². The Morgan fingerprint density at radius 2 is 1.77 bits per heavy atom. The predicted molar refractivity (Wildman–Crippen MR) is 269 cm³/mol. The summed E-state index contributed by atoms with van der Waals surface area (Å²) >= 11 is 0. The number of aromatic nitrogens is 2. The summed E-state index contributed by atoms with van der Waals surface area (Å²) in [5, 5.41) is 26.9. The second-order valence-electron chi connectivity index (χ2n) is 21.0. The molecule has 1 amide bonds. The maximum absolute atomic E-state index is 14.4. The molecule has 2 aliphatic carbocycles. The van der Waals surface area contributed by atoms with Crippen LogP contribution in [0.1, 0.15) is 118 Å². The van der Waals surface area contributed by atoms with E-state index in [1.807, 2.05) is 6.07 Å². The fraction of sp³-hybridized carbons (Fsp3) is 0.509. The van der Waals surface area contributed by atoms with Gasteiger partial charge in [-0.3, -0.25) is 19.8 Å². The molecule has 10 rings (SSSR count). The Morgan fingerprint density at radius 3 is 2.52 bits per heavy atom. The monoisotopic (exact) mass is 991 g/mol. The minimum Gasteiger partial charge on any atom is -0.489 e. The second-order valence-corrected chi connectivity index (χ2v) is 22.6. The number of carbonyl (C=O) groups excluding carboxylic acids is 1. The number of likely N-dealkylation sites (tertiary alicyclic amines) is 1. The molecule has 378 valence electrons. The van der Waals surface area contributed by atoms with E-state index in [1.54, 1.807) is 44.5 Å². The largest absolute Gasteiger partial charge is 0.489 e. The highest BCUT2D eigenvalue weighted by Crippen LogP contribution is 2.54. The number of nitrogens with one attached hydrogen (secondary N) is 3. The van der Waals surface area contributed by atoms with Gasteiger partial charge in [-0.1, -0.05) is 38.1 Å². The first-order valence-corrected chi connectivity index (χ1v) is 26.6. The van der Waals surface area contributed by atoms with Gasteiger partial charge in [0, 0.05) is 67.8 Å². The molecular weight excluding hydrogens is 927 g/mol. The third-order valence-corrected chi connectivity index (χ3v) is 17.2. The number of carbonyl (C=O) groups is 1. The number of sulfonamides is 1. The Hall–Kier alpha value is -5.95. The van der Waals surface area contributed by atoms with Crippen molar-refractivity contribution in [3.05, 3.63) is 99.7 Å². The van der Waals surface area contributed by atoms with E-state index in [9.17, 15) is 28.4 Å². The highest BCUT2D eigenvalue weighted by Gasteiger charge is 2.50. The van der Waals surface area contributed by atoms with Gasteiger partial charge in [-0.2, -0.15) is 4.98 Å². The lowest BCUT2D eigenvalue weighted by atomic mass is 9.59. The molecule has 5 aliphatic rings. The fourth-order valence-electron chi connectivity index (χ4n) is 11.9. The number of amides is 1. The molecule has 17 nitrogen and oxygen atoms in total. The van der Waals surface area contributed by atoms with Crippen molar-refractivity contribution >= 4 is 44.0 Å². The number of nitro groups is 1. The van der Waals surface area contributed by atoms with Crippen LogP contribution in [0.3, 0.4) is 0 Å². The molecule has 2 saturated heterocycles. The minimum atomic E-state index is -4.72. The summed E-state index contributed by atoms with van der Waals surface area (Å²) < 4.78 is 54.2. The van der Waals surface area contributed by atoms with Crippen molar-refractivity contribution in [2.75, 3.05) is 56.8 Å². The van der Waals surface area contributed by atoms with Crippen molar-refractivity contribution < 1.29 is 42.2 Å². The summed E-state index contributed by atoms with van der Waals surface area (Å²) in [6.45, 7) is 9.68. The SMILES string of the molecule is COCCOc1nc2[nH]ccc2cc1Oc1cc(N2CCC3(CC2)CC(N2CCC[C@@H]2c2ccccc2C(C)C)C3)ccc1C(=O)NS(=O)(=O)c1cc2c(c([N+](=O)[O-])c1)N[C@@H]([C@H]1CC[C@](C)(O)CC1)CO2. The zero-order valence-corrected chi connectivity index (χ0v) is 41.8. The molecule has 3 aromatic carbocycles. The Bertz CT molecular complexity index is 2900. The summed E-state index contributed by atoms with van der Waals surface area (Å²) in [4.78, 5) is 38.4. The first kappa shape index (κ1) is 48.7. The van der Waals surface area contributed by atoms with E-state index < -0.39 is 37.0 Å². The quantitative estimate of drug-likeness (QED) is 0.0438. The number of aromatic amines is 1. The number of piperidine rings is 1. The molecule has 4 fully saturated rings. The number of pyridine rings is 1. The van der Waals surface area contributed by atoms with Gasteiger partial charge < -0.3 is 39.3 Å². The average molecular weight is 992 g/mol. The summed E-state index contributed by atoms with van der Waals surface area (Å²) in [7, 11) is -3.16. The maximum Gasteiger partial charge on any atom is 0.297 e. The van der Waals surface area contributed by atoms with Crippen molar-refractivity contribution in [1.29, 1.82) is 0 Å². The standard InChI is InChI=1S/C53H65N7O10S/c1-33(2)39-8-5-6-9-40(39)43-10-7-21-59(43)37-30-53(31-37)18-22-58(23-19-53)36-11-12-41(45(27-36)70-47-26-35-15-20-54-49(35)56-51(47)68-25-24-67-4)50(61)57-71(65,66)38-28-44(60(63)64)48-46(29-38)69-32-42(55-48)34-13-16-52(3,62)17-14-34/h5-6,8-9,11-12,15,20,26-29,33-34,37,42-43,55,62H,7,10,13-14,16-19,21-25,30-32H2,1-4H3,(H,54,56)(H,57,61)/t34-,42-,43-,52-/m1/s1. The second kappa shape index (κ2) is 19.6. The van der Waals surface area contributed by atoms with Crippen LogP contribution in [0.5, 0.6) is 23.1 Å². The molecule has 5 aromatic rings. The average Bonchev–Trinajstić information content (AvgIpc) is 4.02. The van der Waals surface area contributed by atoms with Crippen LogP contribution in [0.4, 0.5) is 17.1 Å². The number of anilines is 2. The number of ether oxygens (including phenoxy) is 4. The first-order valence-electron chi connectivity index (χ1n) is 25.1. The normalized spacial score (nSPS) is 23.5. The lowest BCUT2D eigenvalue weighted by Crippen LogP contribution is -2.54. The summed E-state index contributed by atoms with van der Waals surface area (Å²) in [6.07, 6.45) is 11.1. The Morgan fingerprint density at radius 1 is 1.00 bits per heavy atom. The first-order chi connectivity index (χ1) is 34.1. The number of benzene rings is 3. The molecule has 71 heavy (non-hydrogen) atoms. The van der Waals surface area contributed by atoms with Crippen molar-refractivity contribution in [1.82, 2.24) is 19.6 Å². The lowest BCUT2D eigenvalue weighted by Gasteiger charge is -2.56. The van der Waals surface area contributed by atoms with E-state index in [0.29, 0.717) is 49.3 Å². The number of H-pyrrole nitrogens is 1. The van der Waals surface area contributed by atoms with Gasteiger partial charge in [-0.25, -0.2) is 13.1 Å². The number of methoxy groups -OCH3 is 1. The summed E-state index contributed by atoms with van der Waals surface area (Å²) in [6, 6.07) is 20.5. The highest BCUT2D eigenvalue weighted by molar-refractivity contribution is 7.90. The van der Waals surface area contributed by atoms with Crippen LogP contribution in [0.2, 0.25) is 0 Å². The van der Waals surface area contributed by atoms with Gasteiger partial charge in [0.25, 0.3) is 27.5 Å². The van der Waals surface area contributed by atoms with Crippen molar-refractivity contribution in [2.24, 2.45) is 11.3 Å². The number of rotatable bonds is 15. The minimum absolute atomic E-state index is 0.0125. The van der Waals surface area contributed by atoms with Gasteiger partial charge in [0.1, 0.15) is 24.6 Å². The van der Waals surface area contributed by atoms with Gasteiger partial charge in [-0.05, 0) is 130 Å². The molecule has 2 atom stereocenters. The molecule has 0 bridgehead atoms. The van der Waals surface area contributed by atoms with E-state index in [2.05, 4.69) is 67.9 Å². The van der Waals surface area contributed by atoms with Crippen LogP contribution >= 0.6 is 0 Å². The third-order valence-electron chi connectivity index (χ3n) is 15.9. The predicted octanol–water partition coefficient (Wildman–Crippen LogP) is 9.23. The smallest absolute Gasteiger partial charge is 0.297 e. The Kier molecular flexibility index (Phi) is 13.4. The zero-order chi connectivity index (χ0) is 49.7. The third kappa shape index (κ3) is 10.00. The summed E-state index contributed by atoms with van der Waals surface area (Å²) in [5.74, 6) is -0.0484. The van der Waals surface area contributed by atoms with Crippen molar-refractivity contribution in [3.8, 4) is 23.1 Å². The molecule has 0 radical (unpaired) electrons. The molecule has 4 N–H and O–H groups in total. The Balaban J connectivity index is 0.889. The van der Waals surface area contributed by atoms with E-state index in [-0.39, 0.29) is 71.6 Å². The van der Waals surface area contributed by atoms with Gasteiger partial charge in [-0.15, -0.1) is 0 Å². The van der Waals surface area contributed by atoms with Gasteiger partial charge in [0.05, 0.1) is 33.6 Å². The molecule has 5 heterocycles. The lowest BCUT2D eigenvalue weighted by molar-refractivity contribution is -0.384. The van der Waals surface area contributed by atoms with Crippen LogP contribution in [0.25, 0.3) is 11.0 Å². The molecule has 18 heteroatoms. The van der Waals surface area contributed by atoms with Crippen molar-refractivity contribution in [2.45, 2.75) is 120 Å². The van der Waals surface area contributed by atoms with Gasteiger partial charge >= 0.3 is 0 Å². The zero-order valence-electron chi connectivity index (χ0n) is 40.9. The van der Waals surface area contributed by atoms with Gasteiger partial charge in [0.15, 0.2) is 17.2 Å². The van der Waals surface area contributed by atoms with Crippen LogP contribution in [-0.2, 0) is 14.8 Å². The van der Waals surface area contributed by atoms with Crippen LogP contribution < -0.4 is 29.1 Å². The number of nitrogens with zero attached hydrogens (tertiary/aromatic N) is 4. The van der Waals surface area contributed by atoms with Crippen LogP contribution in [-0.4, -0.2) is 103 Å². The van der Waals surface area contributed by atoms with E-state index in [4.69, 9.17) is 18.9 Å². The molecule has 0 unspecified atom stereocenters. The van der Waals surface area contributed by atoms with Crippen LogP contribution in [0, 0.1) is 21.4 Å². The van der Waals surface area contributed by atoms with Crippen LogP contribution in [0.15, 0.2) is 77.8 Å². The number of nitro benzene ring substituents is 1. The number of aliphatic hydroxyl groups is 1. The van der Waals surface area contributed by atoms with Crippen molar-refractivity contribution in [3.63, 3.8) is 0 Å². The topological polar surface area (TPSA) is 211 Å². The summed E-state index contributed by atoms with van der Waals surface area (Å²) in [5.41, 5.74) is 3.27. The molecule has 1 spiro atoms. The number of hydrogen-bond acceptors (Lipinski definition) is 14. The molecule has 2 aromatic heterocycles. The maximum atomic E-state index is 14.4. The molecule has 3 aliphatic heterocycles. The number of hydrogen-bond donors (Lipinski definition) is 4. The van der Waals surface area contributed by atoms with Gasteiger partial charge in [0.2, 0.25) is 0 Å². The number of fused-ring (bicyclic) bond motifs is 2. The Labute approximate surface area is 414 Å². The van der Waals surface area contributed by atoms with E-state index in [0.717, 1.165) is 49.6 Å². The fourth-order valence-corrected chi connectivity index (χ4v) is 12.9. The molecular formula is C53H65N7O10S. The van der Waals surface area contributed by atoms with E-state index in [1.165, 1.54) is 42.9 Å². The highest BCUT2D eigenvalue weighted by atomic mass is 32.2.